The van der Waals surface area contributed by atoms with Crippen molar-refractivity contribution in [3.05, 3.63) is 41.7 Å². The minimum Gasteiger partial charge on any atom is -0.348 e. The van der Waals surface area contributed by atoms with Crippen LogP contribution in [0, 0.1) is 0 Å². The Morgan fingerprint density at radius 2 is 2.28 bits per heavy atom. The van der Waals surface area contributed by atoms with Crippen LogP contribution in [0.1, 0.15) is 5.69 Å². The molecule has 96 valence electrons. The molecule has 0 aliphatic heterocycles. The fourth-order valence-electron chi connectivity index (χ4n) is 1.38. The fourth-order valence-corrected chi connectivity index (χ4v) is 2.66. The molecule has 0 saturated carbocycles. The number of nitrogens with one attached hydrogen (secondary N) is 2. The molecule has 0 spiro atoms. The van der Waals surface area contributed by atoms with E-state index in [1.54, 1.807) is 12.5 Å². The standard InChI is InChI=1S/C10H11ClN4O2S/c11-10-5-9(2-3-13-10)18(16,17)15-4-1-8-6-12-7-14-8/h2-3,5-7,15H,1,4H2,(H,12,14). The van der Waals surface area contributed by atoms with Crippen LogP contribution in [0.15, 0.2) is 35.7 Å². The Morgan fingerprint density at radius 1 is 1.44 bits per heavy atom. The van der Waals surface area contributed by atoms with Gasteiger partial charge in [0, 0.05) is 31.1 Å². The van der Waals surface area contributed by atoms with E-state index in [-0.39, 0.29) is 16.6 Å². The van der Waals surface area contributed by atoms with Crippen molar-refractivity contribution in [2.45, 2.75) is 11.3 Å². The Balaban J connectivity index is 1.99. The minimum atomic E-state index is -3.54. The van der Waals surface area contributed by atoms with E-state index >= 15 is 0 Å². The van der Waals surface area contributed by atoms with Gasteiger partial charge in [-0.3, -0.25) is 0 Å². The summed E-state index contributed by atoms with van der Waals surface area (Å²) in [6, 6.07) is 2.70. The normalized spacial score (nSPS) is 11.6. The first-order valence-electron chi connectivity index (χ1n) is 5.16. The third-order valence-corrected chi connectivity index (χ3v) is 3.92. The minimum absolute atomic E-state index is 0.104. The molecule has 8 heteroatoms. The number of hydrogen-bond acceptors (Lipinski definition) is 4. The van der Waals surface area contributed by atoms with Crippen molar-refractivity contribution in [1.29, 1.82) is 0 Å². The topological polar surface area (TPSA) is 87.7 Å². The van der Waals surface area contributed by atoms with Gasteiger partial charge >= 0.3 is 0 Å². The summed E-state index contributed by atoms with van der Waals surface area (Å²) in [7, 11) is -3.54. The molecule has 0 saturated heterocycles. The van der Waals surface area contributed by atoms with Crippen LogP contribution in [-0.2, 0) is 16.4 Å². The average Bonchev–Trinajstić information content (AvgIpc) is 2.82. The third kappa shape index (κ3) is 3.28. The maximum Gasteiger partial charge on any atom is 0.240 e. The van der Waals surface area contributed by atoms with E-state index in [1.807, 2.05) is 0 Å². The predicted molar refractivity (Wildman–Crippen MR) is 66.7 cm³/mol. The number of H-pyrrole nitrogens is 1. The summed E-state index contributed by atoms with van der Waals surface area (Å²) < 4.78 is 26.3. The maximum absolute atomic E-state index is 11.9. The molecule has 0 aliphatic rings. The van der Waals surface area contributed by atoms with Gasteiger partial charge in [-0.1, -0.05) is 11.6 Å². The van der Waals surface area contributed by atoms with Crippen LogP contribution in [0.2, 0.25) is 5.15 Å². The number of aromatic nitrogens is 3. The summed E-state index contributed by atoms with van der Waals surface area (Å²) in [5, 5.41) is 0.145. The van der Waals surface area contributed by atoms with Gasteiger partial charge in [0.1, 0.15) is 5.15 Å². The van der Waals surface area contributed by atoms with Crippen LogP contribution in [-0.4, -0.2) is 29.9 Å². The molecule has 0 radical (unpaired) electrons. The predicted octanol–water partition coefficient (Wildman–Crippen LogP) is 0.979. The van der Waals surface area contributed by atoms with Crippen molar-refractivity contribution in [3.8, 4) is 0 Å². The molecule has 18 heavy (non-hydrogen) atoms. The molecule has 0 unspecified atom stereocenters. The number of pyridine rings is 1. The van der Waals surface area contributed by atoms with Crippen molar-refractivity contribution < 1.29 is 8.42 Å². The number of sulfonamides is 1. The number of halogens is 1. The van der Waals surface area contributed by atoms with Crippen LogP contribution in [0.3, 0.4) is 0 Å². The van der Waals surface area contributed by atoms with Crippen molar-refractivity contribution in [2.75, 3.05) is 6.54 Å². The summed E-state index contributed by atoms with van der Waals surface area (Å²) >= 11 is 5.65. The van der Waals surface area contributed by atoms with Crippen LogP contribution in [0.4, 0.5) is 0 Å². The second-order valence-electron chi connectivity index (χ2n) is 3.54. The van der Waals surface area contributed by atoms with Gasteiger partial charge in [-0.15, -0.1) is 0 Å². The highest BCUT2D eigenvalue weighted by molar-refractivity contribution is 7.89. The highest BCUT2D eigenvalue weighted by Crippen LogP contribution is 2.12. The maximum atomic E-state index is 11.9. The summed E-state index contributed by atoms with van der Waals surface area (Å²) in [5.41, 5.74) is 0.866. The van der Waals surface area contributed by atoms with Crippen LogP contribution >= 0.6 is 11.6 Å². The summed E-state index contributed by atoms with van der Waals surface area (Å²) in [4.78, 5) is 10.6. The van der Waals surface area contributed by atoms with Gasteiger partial charge in [0.2, 0.25) is 10.0 Å². The van der Waals surface area contributed by atoms with E-state index in [2.05, 4.69) is 19.7 Å². The Kier molecular flexibility index (Phi) is 3.95. The van der Waals surface area contributed by atoms with Crippen molar-refractivity contribution in [3.63, 3.8) is 0 Å². The fraction of sp³-hybridized carbons (Fsp3) is 0.200. The zero-order chi connectivity index (χ0) is 13.0. The number of aromatic amines is 1. The van der Waals surface area contributed by atoms with E-state index < -0.39 is 10.0 Å². The number of rotatable bonds is 5. The summed E-state index contributed by atoms with van der Waals surface area (Å²) in [6.07, 6.45) is 5.09. The molecule has 0 aromatic carbocycles. The lowest BCUT2D eigenvalue weighted by Crippen LogP contribution is -2.26. The van der Waals surface area contributed by atoms with Gasteiger partial charge < -0.3 is 4.98 Å². The Hall–Kier alpha value is -1.44. The monoisotopic (exact) mass is 286 g/mol. The smallest absolute Gasteiger partial charge is 0.240 e. The molecule has 6 nitrogen and oxygen atoms in total. The molecular formula is C10H11ClN4O2S. The lowest BCUT2D eigenvalue weighted by Gasteiger charge is -2.05. The highest BCUT2D eigenvalue weighted by Gasteiger charge is 2.13. The van der Waals surface area contributed by atoms with Crippen molar-refractivity contribution >= 4 is 21.6 Å². The molecule has 2 heterocycles. The number of imidazole rings is 1. The zero-order valence-corrected chi connectivity index (χ0v) is 10.9. The molecule has 2 aromatic heterocycles. The van der Waals surface area contributed by atoms with E-state index in [0.29, 0.717) is 6.42 Å². The van der Waals surface area contributed by atoms with Gasteiger partial charge in [-0.2, -0.15) is 0 Å². The van der Waals surface area contributed by atoms with Crippen molar-refractivity contribution in [2.24, 2.45) is 0 Å². The highest BCUT2D eigenvalue weighted by atomic mass is 35.5. The van der Waals surface area contributed by atoms with Gasteiger partial charge in [-0.05, 0) is 12.1 Å². The van der Waals surface area contributed by atoms with Gasteiger partial charge in [0.25, 0.3) is 0 Å². The number of hydrogen-bond donors (Lipinski definition) is 2. The first kappa shape index (κ1) is 13.0. The molecule has 2 rings (SSSR count). The SMILES string of the molecule is O=S(=O)(NCCc1cnc[nH]1)c1ccnc(Cl)c1. The van der Waals surface area contributed by atoms with Gasteiger partial charge in [-0.25, -0.2) is 23.1 Å². The quantitative estimate of drug-likeness (QED) is 0.802. The Morgan fingerprint density at radius 3 is 2.94 bits per heavy atom. The molecule has 0 atom stereocenters. The molecule has 0 amide bonds. The van der Waals surface area contributed by atoms with Crippen LogP contribution < -0.4 is 4.72 Å². The molecular weight excluding hydrogens is 276 g/mol. The lowest BCUT2D eigenvalue weighted by molar-refractivity contribution is 0.581. The average molecular weight is 287 g/mol. The molecule has 2 aromatic rings. The van der Waals surface area contributed by atoms with Crippen LogP contribution in [0.5, 0.6) is 0 Å². The summed E-state index contributed by atoms with van der Waals surface area (Å²) in [6.45, 7) is 0.282. The van der Waals surface area contributed by atoms with Gasteiger partial charge in [0.15, 0.2) is 0 Å². The second kappa shape index (κ2) is 5.47. The van der Waals surface area contributed by atoms with E-state index in [9.17, 15) is 8.42 Å². The van der Waals surface area contributed by atoms with Crippen LogP contribution in [0.25, 0.3) is 0 Å². The summed E-state index contributed by atoms with van der Waals surface area (Å²) in [5.74, 6) is 0. The van der Waals surface area contributed by atoms with E-state index in [4.69, 9.17) is 11.6 Å². The number of nitrogens with zero attached hydrogens (tertiary/aromatic N) is 2. The van der Waals surface area contributed by atoms with E-state index in [1.165, 1.54) is 18.3 Å². The largest absolute Gasteiger partial charge is 0.348 e. The van der Waals surface area contributed by atoms with E-state index in [0.717, 1.165) is 5.69 Å². The zero-order valence-electron chi connectivity index (χ0n) is 9.30. The molecule has 0 fully saturated rings. The second-order valence-corrected chi connectivity index (χ2v) is 5.69. The van der Waals surface area contributed by atoms with Crippen molar-refractivity contribution in [1.82, 2.24) is 19.7 Å². The molecule has 2 N–H and O–H groups in total. The third-order valence-electron chi connectivity index (χ3n) is 2.25. The molecule has 0 aliphatic carbocycles. The first-order chi connectivity index (χ1) is 8.58. The lowest BCUT2D eigenvalue weighted by atomic mass is 10.3. The van der Waals surface area contributed by atoms with Gasteiger partial charge in [0.05, 0.1) is 11.2 Å². The first-order valence-corrected chi connectivity index (χ1v) is 7.02. The molecule has 0 bridgehead atoms. The Labute approximate surface area is 109 Å². The Bertz CT molecular complexity index is 613.